The van der Waals surface area contributed by atoms with E-state index in [0.29, 0.717) is 19.1 Å². The van der Waals surface area contributed by atoms with E-state index in [-0.39, 0.29) is 12.3 Å². The molecule has 0 aromatic heterocycles. The van der Waals surface area contributed by atoms with E-state index in [1.807, 2.05) is 35.2 Å². The number of likely N-dealkylation sites (tertiary alicyclic amines) is 1. The highest BCUT2D eigenvalue weighted by atomic mass is 16.5. The average Bonchev–Trinajstić information content (AvgIpc) is 2.54. The molecule has 5 nitrogen and oxygen atoms in total. The molecule has 1 heterocycles. The summed E-state index contributed by atoms with van der Waals surface area (Å²) in [4.78, 5) is 24.0. The largest absolute Gasteiger partial charge is 0.494 e. The van der Waals surface area contributed by atoms with Gasteiger partial charge in [0.05, 0.1) is 6.61 Å². The number of ether oxygens (including phenoxy) is 1. The number of carboxylic acid groups (broad SMARTS) is 1. The lowest BCUT2D eigenvalue weighted by molar-refractivity contribution is -0.146. The topological polar surface area (TPSA) is 66.8 Å². The summed E-state index contributed by atoms with van der Waals surface area (Å²) in [6.45, 7) is 1.40. The Bertz CT molecular complexity index is 503. The smallest absolute Gasteiger partial charge is 0.303 e. The molecule has 0 unspecified atom stereocenters. The molecule has 2 rings (SSSR count). The van der Waals surface area contributed by atoms with Crippen molar-refractivity contribution in [2.24, 2.45) is 0 Å². The van der Waals surface area contributed by atoms with E-state index in [9.17, 15) is 9.59 Å². The molecule has 0 bridgehead atoms. The van der Waals surface area contributed by atoms with Crippen LogP contribution in [-0.2, 0) is 9.59 Å². The molecule has 1 atom stereocenters. The van der Waals surface area contributed by atoms with Gasteiger partial charge in [-0.1, -0.05) is 31.0 Å². The van der Waals surface area contributed by atoms with Crippen molar-refractivity contribution < 1.29 is 19.4 Å². The molecule has 0 saturated carbocycles. The van der Waals surface area contributed by atoms with Crippen LogP contribution in [0.15, 0.2) is 30.3 Å². The molecule has 23 heavy (non-hydrogen) atoms. The molecule has 1 N–H and O–H groups in total. The zero-order valence-electron chi connectivity index (χ0n) is 13.4. The zero-order chi connectivity index (χ0) is 16.5. The first-order chi connectivity index (χ1) is 11.2. The maximum Gasteiger partial charge on any atom is 0.303 e. The van der Waals surface area contributed by atoms with Gasteiger partial charge in [0.25, 0.3) is 0 Å². The third-order valence-electron chi connectivity index (χ3n) is 4.17. The summed E-state index contributed by atoms with van der Waals surface area (Å²) in [5.74, 6) is 0.352. The lowest BCUT2D eigenvalue weighted by Gasteiger charge is -2.40. The third kappa shape index (κ3) is 5.93. The second kappa shape index (κ2) is 9.18. The Balaban J connectivity index is 1.57. The van der Waals surface area contributed by atoms with Crippen LogP contribution in [0.5, 0.6) is 5.75 Å². The maximum atomic E-state index is 11.7. The normalized spacial score (nSPS) is 17.0. The van der Waals surface area contributed by atoms with Crippen molar-refractivity contribution in [2.45, 2.75) is 51.0 Å². The van der Waals surface area contributed by atoms with Crippen molar-refractivity contribution in [3.8, 4) is 5.75 Å². The van der Waals surface area contributed by atoms with Gasteiger partial charge in [-0.05, 0) is 25.0 Å². The molecule has 1 saturated heterocycles. The third-order valence-corrected chi connectivity index (χ3v) is 4.17. The Labute approximate surface area is 137 Å². The number of carbonyl (C=O) groups excluding carboxylic acids is 1. The van der Waals surface area contributed by atoms with Crippen molar-refractivity contribution in [1.29, 1.82) is 0 Å². The molecule has 126 valence electrons. The SMILES string of the molecule is O=C(O)CCCCCCN1C(=O)C[C@@H]1CCOc1ccccc1. The number of unbranched alkanes of at least 4 members (excludes halogenated alkanes) is 3. The van der Waals surface area contributed by atoms with E-state index in [4.69, 9.17) is 9.84 Å². The summed E-state index contributed by atoms with van der Waals surface area (Å²) < 4.78 is 5.68. The van der Waals surface area contributed by atoms with Crippen LogP contribution >= 0.6 is 0 Å². The van der Waals surface area contributed by atoms with Gasteiger partial charge in [0.15, 0.2) is 0 Å². The number of hydrogen-bond donors (Lipinski definition) is 1. The summed E-state index contributed by atoms with van der Waals surface area (Å²) in [6.07, 6.45) is 5.28. The van der Waals surface area contributed by atoms with Crippen molar-refractivity contribution in [3.63, 3.8) is 0 Å². The van der Waals surface area contributed by atoms with Crippen LogP contribution in [0, 0.1) is 0 Å². The van der Waals surface area contributed by atoms with Crippen molar-refractivity contribution in [3.05, 3.63) is 30.3 Å². The molecule has 1 amide bonds. The number of rotatable bonds is 11. The number of β-lactam (4-membered cyclic amide) rings is 1. The van der Waals surface area contributed by atoms with Crippen molar-refractivity contribution >= 4 is 11.9 Å². The molecule has 1 aromatic rings. The number of amides is 1. The summed E-state index contributed by atoms with van der Waals surface area (Å²) in [5.41, 5.74) is 0. The lowest BCUT2D eigenvalue weighted by Crippen LogP contribution is -2.53. The summed E-state index contributed by atoms with van der Waals surface area (Å²) >= 11 is 0. The molecule has 1 aromatic carbocycles. The van der Waals surface area contributed by atoms with Crippen LogP contribution in [0.1, 0.15) is 44.9 Å². The van der Waals surface area contributed by atoms with Gasteiger partial charge in [-0.2, -0.15) is 0 Å². The monoisotopic (exact) mass is 319 g/mol. The highest BCUT2D eigenvalue weighted by molar-refractivity contribution is 5.83. The predicted octanol–water partition coefficient (Wildman–Crippen LogP) is 3.09. The van der Waals surface area contributed by atoms with E-state index < -0.39 is 5.97 Å². The molecule has 1 aliphatic heterocycles. The number of carboxylic acids is 1. The van der Waals surface area contributed by atoms with Gasteiger partial charge in [-0.25, -0.2) is 0 Å². The fraction of sp³-hybridized carbons (Fsp3) is 0.556. The minimum absolute atomic E-state index is 0.222. The van der Waals surface area contributed by atoms with Gasteiger partial charge in [0.1, 0.15) is 5.75 Å². The number of aliphatic carboxylic acids is 1. The highest BCUT2D eigenvalue weighted by Crippen LogP contribution is 2.23. The minimum atomic E-state index is -0.735. The average molecular weight is 319 g/mol. The second-order valence-corrected chi connectivity index (χ2v) is 5.95. The Hall–Kier alpha value is -2.04. The maximum absolute atomic E-state index is 11.7. The number of para-hydroxylation sites is 1. The Morgan fingerprint density at radius 2 is 1.91 bits per heavy atom. The van der Waals surface area contributed by atoms with Crippen LogP contribution in [-0.4, -0.2) is 41.1 Å². The molecule has 0 radical (unpaired) electrons. The molecule has 0 aliphatic carbocycles. The van der Waals surface area contributed by atoms with E-state index in [0.717, 1.165) is 44.4 Å². The quantitative estimate of drug-likeness (QED) is 0.503. The molecule has 5 heteroatoms. The van der Waals surface area contributed by atoms with Gasteiger partial charge < -0.3 is 14.7 Å². The Kier molecular flexibility index (Phi) is 6.91. The number of nitrogens with zero attached hydrogens (tertiary/aromatic N) is 1. The predicted molar refractivity (Wildman–Crippen MR) is 87.4 cm³/mol. The Morgan fingerprint density at radius 1 is 1.17 bits per heavy atom. The standard InChI is InChI=1S/C18H25NO4/c20-17-14-15(11-13-23-16-8-4-3-5-9-16)19(17)12-7-2-1-6-10-18(21)22/h3-5,8-9,15H,1-2,6-7,10-14H2,(H,21,22)/t15-/m0/s1. The Morgan fingerprint density at radius 3 is 2.61 bits per heavy atom. The van der Waals surface area contributed by atoms with Gasteiger partial charge in [0.2, 0.25) is 5.91 Å². The minimum Gasteiger partial charge on any atom is -0.494 e. The van der Waals surface area contributed by atoms with Gasteiger partial charge in [-0.15, -0.1) is 0 Å². The molecule has 0 spiro atoms. The number of carbonyl (C=O) groups is 2. The van der Waals surface area contributed by atoms with Gasteiger partial charge in [-0.3, -0.25) is 9.59 Å². The number of hydrogen-bond acceptors (Lipinski definition) is 3. The second-order valence-electron chi connectivity index (χ2n) is 5.95. The van der Waals surface area contributed by atoms with Crippen LogP contribution in [0.25, 0.3) is 0 Å². The first-order valence-corrected chi connectivity index (χ1v) is 8.36. The molecular weight excluding hydrogens is 294 g/mol. The van der Waals surface area contributed by atoms with Crippen LogP contribution in [0.4, 0.5) is 0 Å². The zero-order valence-corrected chi connectivity index (χ0v) is 13.4. The van der Waals surface area contributed by atoms with Crippen molar-refractivity contribution in [1.82, 2.24) is 4.90 Å². The van der Waals surface area contributed by atoms with Gasteiger partial charge >= 0.3 is 5.97 Å². The summed E-state index contributed by atoms with van der Waals surface area (Å²) in [6, 6.07) is 10.00. The van der Waals surface area contributed by atoms with E-state index >= 15 is 0 Å². The number of benzene rings is 1. The first-order valence-electron chi connectivity index (χ1n) is 8.36. The summed E-state index contributed by atoms with van der Waals surface area (Å²) in [5, 5.41) is 8.57. The van der Waals surface area contributed by atoms with Crippen LogP contribution < -0.4 is 4.74 Å². The molecule has 1 aliphatic rings. The first kappa shape index (κ1) is 17.3. The van der Waals surface area contributed by atoms with E-state index in [1.165, 1.54) is 0 Å². The molecular formula is C18H25NO4. The highest BCUT2D eigenvalue weighted by Gasteiger charge is 2.34. The fourth-order valence-corrected chi connectivity index (χ4v) is 2.83. The molecule has 1 fully saturated rings. The van der Waals surface area contributed by atoms with Crippen molar-refractivity contribution in [2.75, 3.05) is 13.2 Å². The lowest BCUT2D eigenvalue weighted by atomic mass is 9.98. The van der Waals surface area contributed by atoms with Gasteiger partial charge in [0, 0.05) is 31.8 Å². The van der Waals surface area contributed by atoms with E-state index in [1.54, 1.807) is 0 Å². The van der Waals surface area contributed by atoms with Crippen LogP contribution in [0.3, 0.4) is 0 Å². The summed E-state index contributed by atoms with van der Waals surface area (Å²) in [7, 11) is 0. The fourth-order valence-electron chi connectivity index (χ4n) is 2.83. The van der Waals surface area contributed by atoms with Crippen LogP contribution in [0.2, 0.25) is 0 Å². The van der Waals surface area contributed by atoms with E-state index in [2.05, 4.69) is 0 Å².